The average molecular weight is 183 g/mol. The van der Waals surface area contributed by atoms with Crippen molar-refractivity contribution in [2.75, 3.05) is 19.8 Å². The highest BCUT2D eigenvalue weighted by Gasteiger charge is 2.54. The Morgan fingerprint density at radius 3 is 2.25 bits per heavy atom. The van der Waals surface area contributed by atoms with E-state index in [-0.39, 0.29) is 26.1 Å². The van der Waals surface area contributed by atoms with Gasteiger partial charge in [0.25, 0.3) is 5.92 Å². The van der Waals surface area contributed by atoms with E-state index in [1.165, 1.54) is 0 Å². The first-order valence-corrected chi connectivity index (χ1v) is 3.86. The molecule has 12 heavy (non-hydrogen) atoms. The van der Waals surface area contributed by atoms with Crippen LogP contribution in [-0.4, -0.2) is 31.3 Å². The summed E-state index contributed by atoms with van der Waals surface area (Å²) < 4.78 is 44.0. The van der Waals surface area contributed by atoms with Gasteiger partial charge in [-0.2, -0.15) is 0 Å². The maximum absolute atomic E-state index is 13.4. The van der Waals surface area contributed by atoms with Crippen LogP contribution in [0.15, 0.2) is 0 Å². The topological polar surface area (TPSA) is 35.2 Å². The van der Waals surface area contributed by atoms with Gasteiger partial charge >= 0.3 is 0 Å². The van der Waals surface area contributed by atoms with Gasteiger partial charge in [-0.05, 0) is 0 Å². The summed E-state index contributed by atoms with van der Waals surface area (Å²) in [5.41, 5.74) is 2.33. The van der Waals surface area contributed by atoms with E-state index in [0.29, 0.717) is 0 Å². The normalized spacial score (nSPS) is 24.0. The SMILES string of the molecule is NCC(F)(F)C1(F)CCOCC1. The lowest BCUT2D eigenvalue weighted by Gasteiger charge is -2.35. The van der Waals surface area contributed by atoms with Gasteiger partial charge in [0, 0.05) is 26.1 Å². The molecule has 1 aliphatic rings. The number of hydrogen-bond donors (Lipinski definition) is 1. The van der Waals surface area contributed by atoms with E-state index in [1.807, 2.05) is 0 Å². The van der Waals surface area contributed by atoms with Crippen molar-refractivity contribution in [3.63, 3.8) is 0 Å². The number of alkyl halides is 3. The van der Waals surface area contributed by atoms with Crippen LogP contribution >= 0.6 is 0 Å². The quantitative estimate of drug-likeness (QED) is 0.695. The van der Waals surface area contributed by atoms with Crippen molar-refractivity contribution in [1.29, 1.82) is 0 Å². The smallest absolute Gasteiger partial charge is 0.293 e. The summed E-state index contributed by atoms with van der Waals surface area (Å²) in [5.74, 6) is -3.42. The lowest BCUT2D eigenvalue weighted by molar-refractivity contribution is -0.167. The van der Waals surface area contributed by atoms with E-state index in [1.54, 1.807) is 0 Å². The summed E-state index contributed by atoms with van der Waals surface area (Å²) in [6.07, 6.45) is -0.533. The van der Waals surface area contributed by atoms with Crippen molar-refractivity contribution < 1.29 is 17.9 Å². The fraction of sp³-hybridized carbons (Fsp3) is 1.00. The highest BCUT2D eigenvalue weighted by Crippen LogP contribution is 2.39. The minimum absolute atomic E-state index is 0.0477. The van der Waals surface area contributed by atoms with Crippen molar-refractivity contribution >= 4 is 0 Å². The predicted octanol–water partition coefficient (Wildman–Crippen LogP) is 1.10. The zero-order chi connectivity index (χ0) is 9.24. The van der Waals surface area contributed by atoms with Crippen LogP contribution in [0.1, 0.15) is 12.8 Å². The minimum Gasteiger partial charge on any atom is -0.381 e. The van der Waals surface area contributed by atoms with Crippen LogP contribution in [0.3, 0.4) is 0 Å². The highest BCUT2D eigenvalue weighted by atomic mass is 19.3. The molecule has 0 bridgehead atoms. The molecule has 1 fully saturated rings. The Balaban J connectivity index is 2.68. The second-order valence-corrected chi connectivity index (χ2v) is 2.99. The van der Waals surface area contributed by atoms with E-state index < -0.39 is 18.1 Å². The molecule has 0 amide bonds. The molecule has 1 heterocycles. The molecule has 0 aromatic rings. The molecule has 0 radical (unpaired) electrons. The maximum atomic E-state index is 13.4. The Bertz CT molecular complexity index is 157. The molecule has 0 aromatic heterocycles. The van der Waals surface area contributed by atoms with Gasteiger partial charge in [-0.15, -0.1) is 0 Å². The Kier molecular flexibility index (Phi) is 2.63. The highest BCUT2D eigenvalue weighted by molar-refractivity contribution is 4.95. The minimum atomic E-state index is -3.42. The Hall–Kier alpha value is -0.290. The summed E-state index contributed by atoms with van der Waals surface area (Å²) in [6.45, 7) is -0.846. The summed E-state index contributed by atoms with van der Waals surface area (Å²) in [6, 6.07) is 0. The molecule has 0 spiro atoms. The van der Waals surface area contributed by atoms with Crippen LogP contribution in [0.5, 0.6) is 0 Å². The summed E-state index contributed by atoms with van der Waals surface area (Å²) in [7, 11) is 0. The zero-order valence-corrected chi connectivity index (χ0v) is 6.66. The van der Waals surface area contributed by atoms with Crippen LogP contribution in [0.2, 0.25) is 0 Å². The van der Waals surface area contributed by atoms with Gasteiger partial charge in [0.15, 0.2) is 5.67 Å². The zero-order valence-electron chi connectivity index (χ0n) is 6.66. The molecule has 0 aliphatic carbocycles. The van der Waals surface area contributed by atoms with Crippen LogP contribution in [0.25, 0.3) is 0 Å². The third kappa shape index (κ3) is 1.56. The molecule has 0 unspecified atom stereocenters. The third-order valence-electron chi connectivity index (χ3n) is 2.20. The molecule has 5 heteroatoms. The number of ether oxygens (including phenoxy) is 1. The van der Waals surface area contributed by atoms with Crippen molar-refractivity contribution in [2.24, 2.45) is 5.73 Å². The van der Waals surface area contributed by atoms with Crippen LogP contribution in [-0.2, 0) is 4.74 Å². The molecule has 1 aliphatic heterocycles. The molecule has 0 saturated carbocycles. The van der Waals surface area contributed by atoms with Crippen molar-refractivity contribution in [3.05, 3.63) is 0 Å². The second kappa shape index (κ2) is 3.22. The molecule has 0 aromatic carbocycles. The van der Waals surface area contributed by atoms with Crippen LogP contribution < -0.4 is 5.73 Å². The average Bonchev–Trinajstić information content (AvgIpc) is 2.06. The van der Waals surface area contributed by atoms with E-state index in [2.05, 4.69) is 0 Å². The molecule has 2 N–H and O–H groups in total. The third-order valence-corrected chi connectivity index (χ3v) is 2.20. The molecule has 1 rings (SSSR count). The Labute approximate surface area is 68.9 Å². The van der Waals surface area contributed by atoms with Gasteiger partial charge in [0.2, 0.25) is 0 Å². The largest absolute Gasteiger partial charge is 0.381 e. The summed E-state index contributed by atoms with van der Waals surface area (Å²) in [4.78, 5) is 0. The second-order valence-electron chi connectivity index (χ2n) is 2.99. The lowest BCUT2D eigenvalue weighted by Crippen LogP contribution is -2.52. The van der Waals surface area contributed by atoms with E-state index in [4.69, 9.17) is 10.5 Å². The molecule has 2 nitrogen and oxygen atoms in total. The first-order valence-electron chi connectivity index (χ1n) is 3.86. The molecule has 72 valence electrons. The van der Waals surface area contributed by atoms with E-state index in [0.717, 1.165) is 0 Å². The summed E-state index contributed by atoms with van der Waals surface area (Å²) in [5, 5.41) is 0. The number of halogens is 3. The molecular weight excluding hydrogens is 171 g/mol. The van der Waals surface area contributed by atoms with Gasteiger partial charge in [0.1, 0.15) is 0 Å². The number of rotatable bonds is 2. The van der Waals surface area contributed by atoms with Crippen LogP contribution in [0.4, 0.5) is 13.2 Å². The van der Waals surface area contributed by atoms with Gasteiger partial charge in [-0.3, -0.25) is 0 Å². The predicted molar refractivity (Wildman–Crippen MR) is 37.9 cm³/mol. The van der Waals surface area contributed by atoms with Gasteiger partial charge in [0.05, 0.1) is 6.54 Å². The van der Waals surface area contributed by atoms with E-state index in [9.17, 15) is 13.2 Å². The summed E-state index contributed by atoms with van der Waals surface area (Å²) >= 11 is 0. The Morgan fingerprint density at radius 1 is 1.33 bits per heavy atom. The fourth-order valence-corrected chi connectivity index (χ4v) is 1.24. The van der Waals surface area contributed by atoms with Crippen molar-refractivity contribution in [3.8, 4) is 0 Å². The standard InChI is InChI=1S/C7H12F3NO/c8-6(7(9,10)5-11)1-3-12-4-2-6/h1-5,11H2. The van der Waals surface area contributed by atoms with Crippen molar-refractivity contribution in [2.45, 2.75) is 24.4 Å². The van der Waals surface area contributed by atoms with Gasteiger partial charge < -0.3 is 10.5 Å². The first kappa shape index (κ1) is 9.80. The van der Waals surface area contributed by atoms with Gasteiger partial charge in [-0.25, -0.2) is 13.2 Å². The van der Waals surface area contributed by atoms with Crippen LogP contribution in [0, 0.1) is 0 Å². The van der Waals surface area contributed by atoms with Crippen molar-refractivity contribution in [1.82, 2.24) is 0 Å². The number of hydrogen-bond acceptors (Lipinski definition) is 2. The monoisotopic (exact) mass is 183 g/mol. The fourth-order valence-electron chi connectivity index (χ4n) is 1.24. The first-order chi connectivity index (χ1) is 5.52. The molecule has 0 atom stereocenters. The van der Waals surface area contributed by atoms with Gasteiger partial charge in [-0.1, -0.05) is 0 Å². The molecule has 1 saturated heterocycles. The maximum Gasteiger partial charge on any atom is 0.293 e. The lowest BCUT2D eigenvalue weighted by atomic mass is 9.89. The molecular formula is C7H12F3NO. The van der Waals surface area contributed by atoms with E-state index >= 15 is 0 Å². The number of nitrogens with two attached hydrogens (primary N) is 1. The Morgan fingerprint density at radius 2 is 1.83 bits per heavy atom.